The van der Waals surface area contributed by atoms with Gasteiger partial charge < -0.3 is 5.11 Å². The average molecular weight is 213 g/mol. The highest BCUT2D eigenvalue weighted by Crippen LogP contribution is 2.22. The Labute approximate surface area is 94.7 Å². The molecule has 0 radical (unpaired) electrons. The Hall–Kier alpha value is -0.0800. The van der Waals surface area contributed by atoms with Crippen LogP contribution in [0.1, 0.15) is 59.3 Å². The third-order valence-corrected chi connectivity index (χ3v) is 3.66. The van der Waals surface area contributed by atoms with Gasteiger partial charge in [0, 0.05) is 12.1 Å². The SMILES string of the molecule is CC(O)CCCCN1C(C)CCCC1C. The molecule has 0 aliphatic carbocycles. The van der Waals surface area contributed by atoms with Crippen molar-refractivity contribution in [3.05, 3.63) is 0 Å². The molecular weight excluding hydrogens is 186 g/mol. The summed E-state index contributed by atoms with van der Waals surface area (Å²) in [6, 6.07) is 1.53. The summed E-state index contributed by atoms with van der Waals surface area (Å²) in [6.07, 6.45) is 7.35. The number of likely N-dealkylation sites (tertiary alicyclic amines) is 1. The van der Waals surface area contributed by atoms with E-state index in [1.165, 1.54) is 32.2 Å². The Morgan fingerprint density at radius 3 is 2.33 bits per heavy atom. The summed E-state index contributed by atoms with van der Waals surface area (Å²) < 4.78 is 0. The molecule has 1 aliphatic rings. The molecule has 1 saturated heterocycles. The fourth-order valence-electron chi connectivity index (χ4n) is 2.65. The summed E-state index contributed by atoms with van der Waals surface area (Å²) in [5.74, 6) is 0. The minimum atomic E-state index is -0.124. The Morgan fingerprint density at radius 1 is 1.20 bits per heavy atom. The molecule has 0 bridgehead atoms. The zero-order valence-electron chi connectivity index (χ0n) is 10.6. The molecule has 0 aromatic carbocycles. The summed E-state index contributed by atoms with van der Waals surface area (Å²) in [5, 5.41) is 9.18. The monoisotopic (exact) mass is 213 g/mol. The summed E-state index contributed by atoms with van der Waals surface area (Å²) in [4.78, 5) is 2.64. The molecular formula is C13H27NO. The Balaban J connectivity index is 2.17. The number of hydrogen-bond acceptors (Lipinski definition) is 2. The molecule has 0 amide bonds. The molecule has 0 spiro atoms. The second kappa shape index (κ2) is 6.49. The second-order valence-corrected chi connectivity index (χ2v) is 5.21. The zero-order chi connectivity index (χ0) is 11.3. The first-order chi connectivity index (χ1) is 7.11. The third-order valence-electron chi connectivity index (χ3n) is 3.66. The first kappa shape index (κ1) is 13.0. The van der Waals surface area contributed by atoms with Crippen molar-refractivity contribution in [1.29, 1.82) is 0 Å². The lowest BCUT2D eigenvalue weighted by molar-refractivity contribution is 0.0987. The van der Waals surface area contributed by atoms with Gasteiger partial charge in [-0.1, -0.05) is 6.42 Å². The van der Waals surface area contributed by atoms with Crippen LogP contribution in [0.5, 0.6) is 0 Å². The van der Waals surface area contributed by atoms with E-state index in [0.29, 0.717) is 0 Å². The normalized spacial score (nSPS) is 30.4. The zero-order valence-corrected chi connectivity index (χ0v) is 10.6. The summed E-state index contributed by atoms with van der Waals surface area (Å²) in [5.41, 5.74) is 0. The highest BCUT2D eigenvalue weighted by Gasteiger charge is 2.23. The van der Waals surface area contributed by atoms with E-state index in [9.17, 15) is 5.11 Å². The van der Waals surface area contributed by atoms with E-state index in [1.807, 2.05) is 6.92 Å². The largest absolute Gasteiger partial charge is 0.393 e. The molecule has 0 saturated carbocycles. The highest BCUT2D eigenvalue weighted by molar-refractivity contribution is 4.79. The van der Waals surface area contributed by atoms with Gasteiger partial charge >= 0.3 is 0 Å². The topological polar surface area (TPSA) is 23.5 Å². The molecule has 0 aromatic rings. The van der Waals surface area contributed by atoms with Crippen LogP contribution in [0.3, 0.4) is 0 Å². The molecule has 90 valence electrons. The molecule has 1 aliphatic heterocycles. The van der Waals surface area contributed by atoms with Gasteiger partial charge in [-0.15, -0.1) is 0 Å². The Morgan fingerprint density at radius 2 is 1.80 bits per heavy atom. The quantitative estimate of drug-likeness (QED) is 0.710. The van der Waals surface area contributed by atoms with Gasteiger partial charge in [-0.2, -0.15) is 0 Å². The fraction of sp³-hybridized carbons (Fsp3) is 1.00. The van der Waals surface area contributed by atoms with Crippen molar-refractivity contribution in [2.75, 3.05) is 6.54 Å². The van der Waals surface area contributed by atoms with E-state index in [1.54, 1.807) is 0 Å². The van der Waals surface area contributed by atoms with Crippen molar-refractivity contribution >= 4 is 0 Å². The number of aliphatic hydroxyl groups excluding tert-OH is 1. The first-order valence-electron chi connectivity index (χ1n) is 6.55. The van der Waals surface area contributed by atoms with Crippen LogP contribution in [0.4, 0.5) is 0 Å². The van der Waals surface area contributed by atoms with Gasteiger partial charge in [0.15, 0.2) is 0 Å². The maximum absolute atomic E-state index is 9.18. The number of piperidine rings is 1. The summed E-state index contributed by atoms with van der Waals surface area (Å²) >= 11 is 0. The molecule has 1 rings (SSSR count). The smallest absolute Gasteiger partial charge is 0.0512 e. The minimum absolute atomic E-state index is 0.124. The molecule has 1 heterocycles. The van der Waals surface area contributed by atoms with E-state index < -0.39 is 0 Å². The average Bonchev–Trinajstić information content (AvgIpc) is 2.15. The highest BCUT2D eigenvalue weighted by atomic mass is 16.3. The van der Waals surface area contributed by atoms with Gasteiger partial charge in [-0.3, -0.25) is 4.90 Å². The van der Waals surface area contributed by atoms with Crippen molar-refractivity contribution in [2.24, 2.45) is 0 Å². The lowest BCUT2D eigenvalue weighted by Crippen LogP contribution is -2.44. The molecule has 3 atom stereocenters. The second-order valence-electron chi connectivity index (χ2n) is 5.21. The molecule has 15 heavy (non-hydrogen) atoms. The van der Waals surface area contributed by atoms with Crippen LogP contribution >= 0.6 is 0 Å². The maximum Gasteiger partial charge on any atom is 0.0512 e. The van der Waals surface area contributed by atoms with Gasteiger partial charge in [0.05, 0.1) is 6.10 Å². The van der Waals surface area contributed by atoms with Crippen LogP contribution in [0.2, 0.25) is 0 Å². The standard InChI is InChI=1S/C13H27NO/c1-11-7-6-8-12(2)14(11)10-5-4-9-13(3)15/h11-13,15H,4-10H2,1-3H3. The lowest BCUT2D eigenvalue weighted by atomic mass is 9.97. The van der Waals surface area contributed by atoms with E-state index in [4.69, 9.17) is 0 Å². The van der Waals surface area contributed by atoms with Crippen LogP contribution in [0, 0.1) is 0 Å². The maximum atomic E-state index is 9.18. The van der Waals surface area contributed by atoms with Gasteiger partial charge in [-0.25, -0.2) is 0 Å². The number of unbranched alkanes of at least 4 members (excludes halogenated alkanes) is 1. The van der Waals surface area contributed by atoms with Crippen molar-refractivity contribution in [3.63, 3.8) is 0 Å². The Kier molecular flexibility index (Phi) is 5.62. The van der Waals surface area contributed by atoms with Crippen LogP contribution in [-0.4, -0.2) is 34.7 Å². The van der Waals surface area contributed by atoms with Crippen molar-refractivity contribution < 1.29 is 5.11 Å². The van der Waals surface area contributed by atoms with E-state index >= 15 is 0 Å². The fourth-order valence-corrected chi connectivity index (χ4v) is 2.65. The number of rotatable bonds is 5. The number of hydrogen-bond donors (Lipinski definition) is 1. The molecule has 1 fully saturated rings. The first-order valence-corrected chi connectivity index (χ1v) is 6.55. The van der Waals surface area contributed by atoms with Crippen LogP contribution in [-0.2, 0) is 0 Å². The van der Waals surface area contributed by atoms with Crippen molar-refractivity contribution in [1.82, 2.24) is 4.90 Å². The van der Waals surface area contributed by atoms with E-state index in [0.717, 1.165) is 24.9 Å². The van der Waals surface area contributed by atoms with Crippen LogP contribution in [0.15, 0.2) is 0 Å². The summed E-state index contributed by atoms with van der Waals surface area (Å²) in [6.45, 7) is 7.80. The molecule has 1 N–H and O–H groups in total. The van der Waals surface area contributed by atoms with Crippen molar-refractivity contribution in [2.45, 2.75) is 77.5 Å². The number of aliphatic hydroxyl groups is 1. The van der Waals surface area contributed by atoms with Gasteiger partial charge in [0.25, 0.3) is 0 Å². The molecule has 2 heteroatoms. The molecule has 0 aromatic heterocycles. The Bertz CT molecular complexity index is 160. The van der Waals surface area contributed by atoms with E-state index in [-0.39, 0.29) is 6.10 Å². The van der Waals surface area contributed by atoms with Crippen molar-refractivity contribution in [3.8, 4) is 0 Å². The van der Waals surface area contributed by atoms with Gasteiger partial charge in [0.2, 0.25) is 0 Å². The van der Waals surface area contributed by atoms with E-state index in [2.05, 4.69) is 18.7 Å². The number of nitrogens with zero attached hydrogens (tertiary/aromatic N) is 1. The van der Waals surface area contributed by atoms with Crippen LogP contribution in [0.25, 0.3) is 0 Å². The lowest BCUT2D eigenvalue weighted by Gasteiger charge is -2.39. The minimum Gasteiger partial charge on any atom is -0.393 e. The predicted octanol–water partition coefficient (Wildman–Crippen LogP) is 2.80. The predicted molar refractivity (Wildman–Crippen MR) is 65.0 cm³/mol. The summed E-state index contributed by atoms with van der Waals surface area (Å²) in [7, 11) is 0. The molecule has 2 nitrogen and oxygen atoms in total. The van der Waals surface area contributed by atoms with Gasteiger partial charge in [-0.05, 0) is 59.4 Å². The molecule has 3 unspecified atom stereocenters. The third kappa shape index (κ3) is 4.52. The van der Waals surface area contributed by atoms with Crippen LogP contribution < -0.4 is 0 Å². The van der Waals surface area contributed by atoms with Gasteiger partial charge in [0.1, 0.15) is 0 Å².